The van der Waals surface area contributed by atoms with Gasteiger partial charge in [-0.2, -0.15) is 0 Å². The summed E-state index contributed by atoms with van der Waals surface area (Å²) in [7, 11) is 0. The van der Waals surface area contributed by atoms with E-state index in [0.29, 0.717) is 13.1 Å². The molecule has 1 aliphatic rings. The van der Waals surface area contributed by atoms with Crippen molar-refractivity contribution in [3.05, 3.63) is 0 Å². The second-order valence-corrected chi connectivity index (χ2v) is 2.97. The summed E-state index contributed by atoms with van der Waals surface area (Å²) < 4.78 is 0. The van der Waals surface area contributed by atoms with Crippen LogP contribution in [0.2, 0.25) is 0 Å². The summed E-state index contributed by atoms with van der Waals surface area (Å²) in [4.78, 5) is 11.0. The van der Waals surface area contributed by atoms with Gasteiger partial charge in [0.25, 0.3) is 0 Å². The predicted octanol–water partition coefficient (Wildman–Crippen LogP) is -0.203. The number of carbonyl (C=O) groups excluding carboxylic acids is 1. The zero-order valence-electron chi connectivity index (χ0n) is 6.81. The molecule has 0 bridgehead atoms. The third kappa shape index (κ3) is 2.08. The monoisotopic (exact) mass is 157 g/mol. The number of nitrogens with two attached hydrogens (primary N) is 1. The quantitative estimate of drug-likeness (QED) is 0.531. The van der Waals surface area contributed by atoms with E-state index in [4.69, 9.17) is 5.73 Å². The van der Waals surface area contributed by atoms with E-state index in [0.717, 1.165) is 12.8 Å². The second-order valence-electron chi connectivity index (χ2n) is 2.97. The van der Waals surface area contributed by atoms with Crippen LogP contribution in [0, 0.1) is 0 Å². The van der Waals surface area contributed by atoms with Crippen LogP contribution in [-0.4, -0.2) is 24.7 Å². The lowest BCUT2D eigenvalue weighted by Crippen LogP contribution is -2.47. The van der Waals surface area contributed by atoms with Gasteiger partial charge in [-0.3, -0.25) is 0 Å². The third-order valence-electron chi connectivity index (χ3n) is 1.96. The standard InChI is InChI=1S/C7H15N3O/c1-2-9-6(11)10-7(5-8)3-4-7/h2-5,8H2,1H3,(H2,9,10,11). The highest BCUT2D eigenvalue weighted by atomic mass is 16.2. The Labute approximate surface area is 66.5 Å². The Balaban J connectivity index is 2.24. The lowest BCUT2D eigenvalue weighted by atomic mass is 10.3. The van der Waals surface area contributed by atoms with E-state index in [-0.39, 0.29) is 11.6 Å². The normalized spacial score (nSPS) is 19.1. The van der Waals surface area contributed by atoms with Crippen LogP contribution >= 0.6 is 0 Å². The highest BCUT2D eigenvalue weighted by Gasteiger charge is 2.42. The lowest BCUT2D eigenvalue weighted by molar-refractivity contribution is 0.236. The molecule has 0 radical (unpaired) electrons. The second kappa shape index (κ2) is 3.09. The van der Waals surface area contributed by atoms with E-state index in [9.17, 15) is 4.79 Å². The zero-order valence-corrected chi connectivity index (χ0v) is 6.81. The Morgan fingerprint density at radius 1 is 1.64 bits per heavy atom. The van der Waals surface area contributed by atoms with Crippen molar-refractivity contribution < 1.29 is 4.79 Å². The summed E-state index contributed by atoms with van der Waals surface area (Å²) in [5.74, 6) is 0. The van der Waals surface area contributed by atoms with Gasteiger partial charge < -0.3 is 16.4 Å². The van der Waals surface area contributed by atoms with Crippen molar-refractivity contribution in [2.24, 2.45) is 5.73 Å². The topological polar surface area (TPSA) is 67.2 Å². The molecule has 0 aromatic rings. The molecule has 1 saturated carbocycles. The molecule has 0 saturated heterocycles. The Morgan fingerprint density at radius 2 is 2.27 bits per heavy atom. The van der Waals surface area contributed by atoms with Crippen LogP contribution < -0.4 is 16.4 Å². The number of nitrogens with one attached hydrogen (secondary N) is 2. The molecule has 4 N–H and O–H groups in total. The smallest absolute Gasteiger partial charge is 0.315 e. The van der Waals surface area contributed by atoms with E-state index >= 15 is 0 Å². The Morgan fingerprint density at radius 3 is 2.64 bits per heavy atom. The van der Waals surface area contributed by atoms with Gasteiger partial charge in [-0.05, 0) is 19.8 Å². The maximum atomic E-state index is 11.0. The largest absolute Gasteiger partial charge is 0.338 e. The fourth-order valence-corrected chi connectivity index (χ4v) is 0.977. The summed E-state index contributed by atoms with van der Waals surface area (Å²) in [6.07, 6.45) is 2.03. The van der Waals surface area contributed by atoms with Gasteiger partial charge in [0.15, 0.2) is 0 Å². The number of rotatable bonds is 3. The molecule has 0 heterocycles. The molecule has 0 unspecified atom stereocenters. The zero-order chi connectivity index (χ0) is 8.32. The van der Waals surface area contributed by atoms with Crippen molar-refractivity contribution in [3.63, 3.8) is 0 Å². The van der Waals surface area contributed by atoms with Gasteiger partial charge in [-0.25, -0.2) is 4.79 Å². The van der Waals surface area contributed by atoms with E-state index in [2.05, 4.69) is 10.6 Å². The lowest BCUT2D eigenvalue weighted by Gasteiger charge is -2.14. The van der Waals surface area contributed by atoms with Crippen molar-refractivity contribution in [2.45, 2.75) is 25.3 Å². The Bertz CT molecular complexity index is 154. The summed E-state index contributed by atoms with van der Waals surface area (Å²) in [6, 6.07) is -0.101. The number of carbonyl (C=O) groups is 1. The highest BCUT2D eigenvalue weighted by Crippen LogP contribution is 2.33. The molecule has 11 heavy (non-hydrogen) atoms. The Kier molecular flexibility index (Phi) is 2.34. The maximum Gasteiger partial charge on any atom is 0.315 e. The van der Waals surface area contributed by atoms with Crippen molar-refractivity contribution in [1.29, 1.82) is 0 Å². The molecule has 4 heteroatoms. The number of urea groups is 1. The van der Waals surface area contributed by atoms with Crippen molar-refractivity contribution in [2.75, 3.05) is 13.1 Å². The van der Waals surface area contributed by atoms with E-state index in [1.807, 2.05) is 6.92 Å². The van der Waals surface area contributed by atoms with Crippen molar-refractivity contribution in [3.8, 4) is 0 Å². The first kappa shape index (κ1) is 8.33. The minimum absolute atomic E-state index is 0.0702. The van der Waals surface area contributed by atoms with Crippen LogP contribution in [0.1, 0.15) is 19.8 Å². The number of hydrogen-bond donors (Lipinski definition) is 3. The molecular formula is C7H15N3O. The average molecular weight is 157 g/mol. The first-order chi connectivity index (χ1) is 5.22. The minimum atomic E-state index is -0.101. The van der Waals surface area contributed by atoms with Crippen molar-refractivity contribution >= 4 is 6.03 Å². The molecule has 1 aliphatic carbocycles. The molecule has 64 valence electrons. The van der Waals surface area contributed by atoms with Crippen LogP contribution in [0.4, 0.5) is 4.79 Å². The molecule has 4 nitrogen and oxygen atoms in total. The van der Waals surface area contributed by atoms with Crippen LogP contribution in [-0.2, 0) is 0 Å². The third-order valence-corrected chi connectivity index (χ3v) is 1.96. The van der Waals surface area contributed by atoms with E-state index < -0.39 is 0 Å². The fourth-order valence-electron chi connectivity index (χ4n) is 0.977. The summed E-state index contributed by atoms with van der Waals surface area (Å²) in [5.41, 5.74) is 5.40. The van der Waals surface area contributed by atoms with Gasteiger partial charge in [0.2, 0.25) is 0 Å². The van der Waals surface area contributed by atoms with E-state index in [1.54, 1.807) is 0 Å². The number of hydrogen-bond acceptors (Lipinski definition) is 2. The molecule has 0 atom stereocenters. The molecule has 2 amide bonds. The highest BCUT2D eigenvalue weighted by molar-refractivity contribution is 5.75. The van der Waals surface area contributed by atoms with Crippen LogP contribution in [0.3, 0.4) is 0 Å². The maximum absolute atomic E-state index is 11.0. The van der Waals surface area contributed by atoms with Gasteiger partial charge in [-0.1, -0.05) is 0 Å². The van der Waals surface area contributed by atoms with Crippen LogP contribution in [0.5, 0.6) is 0 Å². The van der Waals surface area contributed by atoms with Gasteiger partial charge in [0.05, 0.1) is 5.54 Å². The average Bonchev–Trinajstić information content (AvgIpc) is 2.70. The molecule has 0 spiro atoms. The Hall–Kier alpha value is -0.770. The molecule has 1 fully saturated rings. The van der Waals surface area contributed by atoms with Gasteiger partial charge in [0.1, 0.15) is 0 Å². The summed E-state index contributed by atoms with van der Waals surface area (Å²) >= 11 is 0. The first-order valence-corrected chi connectivity index (χ1v) is 3.98. The van der Waals surface area contributed by atoms with Crippen LogP contribution in [0.15, 0.2) is 0 Å². The minimum Gasteiger partial charge on any atom is -0.338 e. The molecule has 0 aromatic heterocycles. The molecule has 0 aliphatic heterocycles. The molecular weight excluding hydrogens is 142 g/mol. The molecule has 1 rings (SSSR count). The molecule has 0 aromatic carbocycles. The summed E-state index contributed by atoms with van der Waals surface area (Å²) in [6.45, 7) is 3.10. The summed E-state index contributed by atoms with van der Waals surface area (Å²) in [5, 5.41) is 5.51. The number of amides is 2. The van der Waals surface area contributed by atoms with Gasteiger partial charge >= 0.3 is 6.03 Å². The predicted molar refractivity (Wildman–Crippen MR) is 43.2 cm³/mol. The first-order valence-electron chi connectivity index (χ1n) is 3.98. The van der Waals surface area contributed by atoms with Crippen molar-refractivity contribution in [1.82, 2.24) is 10.6 Å². The van der Waals surface area contributed by atoms with E-state index in [1.165, 1.54) is 0 Å². The fraction of sp³-hybridized carbons (Fsp3) is 0.857. The SMILES string of the molecule is CCNC(=O)NC1(CN)CC1. The van der Waals surface area contributed by atoms with Crippen LogP contribution in [0.25, 0.3) is 0 Å². The van der Waals surface area contributed by atoms with Gasteiger partial charge in [-0.15, -0.1) is 0 Å². The van der Waals surface area contributed by atoms with Gasteiger partial charge in [0, 0.05) is 13.1 Å².